The summed E-state index contributed by atoms with van der Waals surface area (Å²) >= 11 is 2.24. The predicted octanol–water partition coefficient (Wildman–Crippen LogP) is 8.79. The van der Waals surface area contributed by atoms with E-state index in [9.17, 15) is 29.2 Å². The number of carbonyl (C=O) groups excluding carboxylic acids is 5. The average molecular weight is 826 g/mol. The predicted molar refractivity (Wildman–Crippen MR) is 213 cm³/mol. The van der Waals surface area contributed by atoms with Gasteiger partial charge in [-0.05, 0) is 121 Å². The highest BCUT2D eigenvalue weighted by Crippen LogP contribution is 2.59. The molecule has 5 rings (SSSR count). The molecule has 3 fully saturated rings. The third kappa shape index (κ3) is 12.8. The first-order valence-electron chi connectivity index (χ1n) is 20.5. The highest BCUT2D eigenvalue weighted by Gasteiger charge is 2.36. The summed E-state index contributed by atoms with van der Waals surface area (Å²) < 4.78 is 34.3. The highest BCUT2D eigenvalue weighted by atomic mass is 32.2. The van der Waals surface area contributed by atoms with E-state index in [0.29, 0.717) is 64.6 Å². The molecule has 1 aromatic rings. The van der Waals surface area contributed by atoms with Crippen LogP contribution >= 0.6 is 23.5 Å². The van der Waals surface area contributed by atoms with E-state index in [-0.39, 0.29) is 53.9 Å². The maximum Gasteiger partial charge on any atom is 0.350 e. The highest BCUT2D eigenvalue weighted by molar-refractivity contribution is 8.24. The molecule has 4 aliphatic rings. The van der Waals surface area contributed by atoms with Gasteiger partial charge in [-0.15, -0.1) is 0 Å². The van der Waals surface area contributed by atoms with Crippen LogP contribution in [-0.4, -0.2) is 61.9 Å². The topological polar surface area (TPSA) is 165 Å². The van der Waals surface area contributed by atoms with Crippen LogP contribution in [0.4, 0.5) is 0 Å². The smallest absolute Gasteiger partial charge is 0.350 e. The summed E-state index contributed by atoms with van der Waals surface area (Å²) in [7, 11) is 0. The molecular weight excluding hydrogens is 771 g/mol. The van der Waals surface area contributed by atoms with Gasteiger partial charge in [0, 0.05) is 12.7 Å². The number of fused-ring (bicyclic) bond motifs is 1. The van der Waals surface area contributed by atoms with Crippen LogP contribution in [0.15, 0.2) is 44.4 Å². The molecule has 57 heavy (non-hydrogen) atoms. The summed E-state index contributed by atoms with van der Waals surface area (Å²) in [5.74, 6) is -1.68. The van der Waals surface area contributed by atoms with Crippen molar-refractivity contribution in [2.24, 2.45) is 23.7 Å². The Kier molecular flexibility index (Phi) is 17.4. The van der Waals surface area contributed by atoms with Gasteiger partial charge in [-0.3, -0.25) is 14.4 Å². The average Bonchev–Trinajstić information content (AvgIpc) is 3.66. The van der Waals surface area contributed by atoms with E-state index in [1.165, 1.54) is 6.08 Å². The van der Waals surface area contributed by atoms with Crippen molar-refractivity contribution >= 4 is 53.4 Å². The Bertz CT molecular complexity index is 1680. The Labute approximate surface area is 344 Å². The minimum absolute atomic E-state index is 0.103. The summed E-state index contributed by atoms with van der Waals surface area (Å²) in [5.41, 5.74) is -0.168. The molecule has 0 bridgehead atoms. The van der Waals surface area contributed by atoms with Gasteiger partial charge in [-0.1, -0.05) is 43.4 Å². The molecule has 1 aromatic carbocycles. The maximum atomic E-state index is 13.5. The lowest BCUT2D eigenvalue weighted by atomic mass is 9.83. The van der Waals surface area contributed by atoms with Crippen molar-refractivity contribution in [1.82, 2.24) is 0 Å². The second-order valence-corrected chi connectivity index (χ2v) is 17.6. The molecule has 0 aromatic heterocycles. The zero-order valence-electron chi connectivity index (χ0n) is 33.1. The van der Waals surface area contributed by atoms with E-state index in [1.54, 1.807) is 19.1 Å². The van der Waals surface area contributed by atoms with Crippen molar-refractivity contribution in [3.63, 3.8) is 0 Å². The van der Waals surface area contributed by atoms with Gasteiger partial charge >= 0.3 is 29.8 Å². The van der Waals surface area contributed by atoms with Crippen LogP contribution in [0.3, 0.4) is 0 Å². The van der Waals surface area contributed by atoms with Gasteiger partial charge in [0.05, 0.1) is 51.1 Å². The van der Waals surface area contributed by atoms with Crippen LogP contribution < -0.4 is 9.47 Å². The van der Waals surface area contributed by atoms with Gasteiger partial charge < -0.3 is 28.4 Å². The summed E-state index contributed by atoms with van der Waals surface area (Å²) in [5, 5.41) is 9.84. The molecule has 1 heterocycles. The number of rotatable bonds is 17. The molecule has 0 saturated heterocycles. The summed E-state index contributed by atoms with van der Waals surface area (Å²) in [6, 6.07) is 5.14. The van der Waals surface area contributed by atoms with Crippen LogP contribution in [0.2, 0.25) is 0 Å². The number of nitrogens with zero attached hydrogens (tertiary/aromatic N) is 1. The lowest BCUT2D eigenvalue weighted by Crippen LogP contribution is -2.33. The minimum Gasteiger partial charge on any atom is -0.463 e. The first kappa shape index (κ1) is 44.3. The van der Waals surface area contributed by atoms with E-state index in [1.807, 2.05) is 6.07 Å². The first-order chi connectivity index (χ1) is 27.6. The number of ether oxygens (including phenoxy) is 6. The van der Waals surface area contributed by atoms with Gasteiger partial charge in [-0.25, -0.2) is 9.59 Å². The van der Waals surface area contributed by atoms with Gasteiger partial charge in [0.15, 0.2) is 5.57 Å². The third-order valence-corrected chi connectivity index (χ3v) is 13.7. The molecular formula is C43H55NO11S2. The van der Waals surface area contributed by atoms with Crippen LogP contribution in [0, 0.1) is 35.0 Å². The summed E-state index contributed by atoms with van der Waals surface area (Å²) in [6.07, 6.45) is 13.4. The largest absolute Gasteiger partial charge is 0.463 e. The molecule has 1 aliphatic heterocycles. The molecule has 3 saturated carbocycles. The Balaban J connectivity index is 1.08. The van der Waals surface area contributed by atoms with Crippen LogP contribution in [0.25, 0.3) is 0 Å². The second-order valence-electron chi connectivity index (χ2n) is 15.3. The van der Waals surface area contributed by atoms with E-state index in [0.717, 1.165) is 101 Å². The fourth-order valence-electron chi connectivity index (χ4n) is 7.63. The molecule has 0 atom stereocenters. The van der Waals surface area contributed by atoms with E-state index in [4.69, 9.17) is 28.4 Å². The minimum atomic E-state index is -0.753. The van der Waals surface area contributed by atoms with Gasteiger partial charge in [-0.2, -0.15) is 5.26 Å². The van der Waals surface area contributed by atoms with Gasteiger partial charge in [0.1, 0.15) is 23.7 Å². The number of esters is 5. The molecule has 0 radical (unpaired) electrons. The SMILES string of the molecule is C=CC(=O)OCCCCCCOC1CCC(C(=O)OC2CCC(C(=O)Oc3ccc(OC(=O)C4CCC(C)CC4)c4c3S/C(=C(\C#N)C(=O)OCC)S4)CC2)CC1. The summed E-state index contributed by atoms with van der Waals surface area (Å²) in [6.45, 7) is 8.41. The molecule has 0 unspecified atom stereocenters. The van der Waals surface area contributed by atoms with Crippen molar-refractivity contribution in [2.45, 2.75) is 139 Å². The van der Waals surface area contributed by atoms with Crippen molar-refractivity contribution in [1.29, 1.82) is 5.26 Å². The number of carbonyl (C=O) groups is 5. The number of nitriles is 1. The van der Waals surface area contributed by atoms with Crippen molar-refractivity contribution in [2.75, 3.05) is 19.8 Å². The lowest BCUT2D eigenvalue weighted by molar-refractivity contribution is -0.159. The molecule has 0 N–H and O–H groups in total. The standard InChI is InChI=1S/C43H55NO11S2/c1-4-36(45)52-25-9-7-6-8-24-51-31-18-14-29(15-19-31)39(46)53-32-20-16-30(17-21-32)41(48)55-35-23-22-34(54-40(47)28-12-10-27(3)11-13-28)37-38(35)57-43(56-37)33(26-44)42(49)50-5-2/h4,22-23,27-32H,1,5-21,24-25H2,2-3H3/b43-33+. The zero-order valence-corrected chi connectivity index (χ0v) is 34.7. The van der Waals surface area contributed by atoms with Crippen molar-refractivity contribution in [3.8, 4) is 17.6 Å². The Morgan fingerprint density at radius 3 is 1.75 bits per heavy atom. The number of hydrogen-bond acceptors (Lipinski definition) is 14. The molecule has 3 aliphatic carbocycles. The molecule has 14 heteroatoms. The van der Waals surface area contributed by atoms with E-state index < -0.39 is 23.8 Å². The fraction of sp³-hybridized carbons (Fsp3) is 0.628. The lowest BCUT2D eigenvalue weighted by Gasteiger charge is -2.31. The van der Waals surface area contributed by atoms with E-state index in [2.05, 4.69) is 13.5 Å². The van der Waals surface area contributed by atoms with Crippen LogP contribution in [0.5, 0.6) is 11.5 Å². The van der Waals surface area contributed by atoms with Crippen molar-refractivity contribution in [3.05, 3.63) is 34.6 Å². The van der Waals surface area contributed by atoms with Crippen LogP contribution in [-0.2, 0) is 42.9 Å². The summed E-state index contributed by atoms with van der Waals surface area (Å²) in [4.78, 5) is 64.5. The van der Waals surface area contributed by atoms with Gasteiger partial charge in [0.25, 0.3) is 0 Å². The quantitative estimate of drug-likeness (QED) is 0.0365. The second kappa shape index (κ2) is 22.4. The van der Waals surface area contributed by atoms with Crippen molar-refractivity contribution < 1.29 is 52.4 Å². The maximum absolute atomic E-state index is 13.5. The molecule has 12 nitrogen and oxygen atoms in total. The monoisotopic (exact) mass is 825 g/mol. The number of hydrogen-bond donors (Lipinski definition) is 0. The Hall–Kier alpha value is -3.80. The third-order valence-electron chi connectivity index (χ3n) is 11.1. The number of benzene rings is 1. The van der Waals surface area contributed by atoms with E-state index >= 15 is 0 Å². The number of thioether (sulfide) groups is 2. The normalized spacial score (nSPS) is 25.2. The Morgan fingerprint density at radius 1 is 0.719 bits per heavy atom. The molecule has 0 amide bonds. The zero-order chi connectivity index (χ0) is 40.7. The Morgan fingerprint density at radius 2 is 1.23 bits per heavy atom. The molecule has 310 valence electrons. The van der Waals surface area contributed by atoms with Crippen LogP contribution in [0.1, 0.15) is 117 Å². The molecule has 0 spiro atoms. The fourth-order valence-corrected chi connectivity index (χ4v) is 10.2. The number of unbranched alkanes of at least 4 members (excludes halogenated alkanes) is 3. The first-order valence-corrected chi connectivity index (χ1v) is 22.1. The van der Waals surface area contributed by atoms with Gasteiger partial charge in [0.2, 0.25) is 0 Å².